The first-order valence-corrected chi connectivity index (χ1v) is 6.74. The lowest BCUT2D eigenvalue weighted by Gasteiger charge is -2.15. The van der Waals surface area contributed by atoms with Gasteiger partial charge >= 0.3 is 11.9 Å². The van der Waals surface area contributed by atoms with E-state index in [0.29, 0.717) is 0 Å². The molecule has 2 aromatic carbocycles. The molecule has 1 N–H and O–H groups in total. The summed E-state index contributed by atoms with van der Waals surface area (Å²) in [6.07, 6.45) is -1.43. The number of ether oxygens (including phenoxy) is 2. The van der Waals surface area contributed by atoms with Crippen molar-refractivity contribution in [3.8, 4) is 11.5 Å². The number of phenolic OH excluding ortho intramolecular Hbond substituents is 1. The molecule has 1 unspecified atom stereocenters. The fourth-order valence-corrected chi connectivity index (χ4v) is 1.84. The summed E-state index contributed by atoms with van der Waals surface area (Å²) in [5.41, 5.74) is 0.257. The van der Waals surface area contributed by atoms with Crippen molar-refractivity contribution in [3.05, 3.63) is 60.2 Å². The van der Waals surface area contributed by atoms with Gasteiger partial charge in [-0.25, -0.2) is 4.79 Å². The molecule has 2 aromatic rings. The van der Waals surface area contributed by atoms with Gasteiger partial charge < -0.3 is 14.6 Å². The third kappa shape index (κ3) is 4.41. The largest absolute Gasteiger partial charge is 0.508 e. The van der Waals surface area contributed by atoms with Gasteiger partial charge in [0, 0.05) is 12.5 Å². The van der Waals surface area contributed by atoms with Gasteiger partial charge in [0.1, 0.15) is 11.5 Å². The number of Topliss-reactive ketones (excluding diaryl/α,β-unsaturated/α-hetero) is 1. The second kappa shape index (κ2) is 7.22. The van der Waals surface area contributed by atoms with Crippen LogP contribution >= 0.6 is 0 Å². The molecule has 23 heavy (non-hydrogen) atoms. The maximum Gasteiger partial charge on any atom is 0.384 e. The van der Waals surface area contributed by atoms with E-state index in [4.69, 9.17) is 9.47 Å². The van der Waals surface area contributed by atoms with Gasteiger partial charge in [-0.3, -0.25) is 9.59 Å². The number of rotatable bonds is 5. The van der Waals surface area contributed by atoms with E-state index >= 15 is 0 Å². The van der Waals surface area contributed by atoms with Crippen LogP contribution in [0, 0.1) is 0 Å². The molecule has 118 valence electrons. The van der Waals surface area contributed by atoms with Crippen molar-refractivity contribution in [2.75, 3.05) is 0 Å². The zero-order valence-electron chi connectivity index (χ0n) is 12.3. The second-order valence-corrected chi connectivity index (χ2v) is 4.65. The van der Waals surface area contributed by atoms with Gasteiger partial charge in [-0.2, -0.15) is 0 Å². The van der Waals surface area contributed by atoms with Crippen LogP contribution < -0.4 is 4.74 Å². The molecule has 0 bridgehead atoms. The van der Waals surface area contributed by atoms with Crippen LogP contribution in [-0.2, 0) is 19.1 Å². The van der Waals surface area contributed by atoms with Crippen molar-refractivity contribution in [2.45, 2.75) is 13.0 Å². The number of hydrogen-bond acceptors (Lipinski definition) is 6. The van der Waals surface area contributed by atoms with E-state index in [1.165, 1.54) is 36.4 Å². The van der Waals surface area contributed by atoms with Crippen molar-refractivity contribution in [2.24, 2.45) is 0 Å². The number of para-hydroxylation sites is 1. The monoisotopic (exact) mass is 314 g/mol. The van der Waals surface area contributed by atoms with Crippen LogP contribution in [0.4, 0.5) is 0 Å². The normalized spacial score (nSPS) is 11.3. The number of hydrogen-bond donors (Lipinski definition) is 1. The Morgan fingerprint density at radius 2 is 1.57 bits per heavy atom. The van der Waals surface area contributed by atoms with Gasteiger partial charge in [-0.1, -0.05) is 30.3 Å². The number of phenols is 1. The molecule has 0 radical (unpaired) electrons. The summed E-state index contributed by atoms with van der Waals surface area (Å²) >= 11 is 0. The molecule has 0 aliphatic carbocycles. The maximum atomic E-state index is 12.3. The Morgan fingerprint density at radius 3 is 2.13 bits per heavy atom. The van der Waals surface area contributed by atoms with E-state index in [0.717, 1.165) is 6.92 Å². The lowest BCUT2D eigenvalue weighted by Crippen LogP contribution is -2.29. The van der Waals surface area contributed by atoms with E-state index < -0.39 is 23.8 Å². The molecule has 2 rings (SSSR count). The molecule has 1 atom stereocenters. The van der Waals surface area contributed by atoms with Gasteiger partial charge in [0.05, 0.1) is 0 Å². The molecule has 0 aromatic heterocycles. The number of carbonyl (C=O) groups is 3. The number of aromatic hydroxyl groups is 1. The van der Waals surface area contributed by atoms with Gasteiger partial charge in [-0.15, -0.1) is 0 Å². The minimum absolute atomic E-state index is 0.0189. The molecular formula is C17H14O6. The lowest BCUT2D eigenvalue weighted by atomic mass is 10.1. The Kier molecular flexibility index (Phi) is 5.09. The molecule has 0 saturated carbocycles. The van der Waals surface area contributed by atoms with Crippen LogP contribution in [0.3, 0.4) is 0 Å². The van der Waals surface area contributed by atoms with Crippen molar-refractivity contribution in [1.29, 1.82) is 0 Å². The van der Waals surface area contributed by atoms with Crippen LogP contribution in [0.25, 0.3) is 0 Å². The summed E-state index contributed by atoms with van der Waals surface area (Å²) in [7, 11) is 0. The molecule has 0 spiro atoms. The smallest absolute Gasteiger partial charge is 0.384 e. The van der Waals surface area contributed by atoms with E-state index in [-0.39, 0.29) is 17.1 Å². The fraction of sp³-hybridized carbons (Fsp3) is 0.118. The Morgan fingerprint density at radius 1 is 0.957 bits per heavy atom. The SMILES string of the molecule is CC(=O)OC(C(=O)C(=O)Oc1ccccc1)c1ccc(O)cc1. The lowest BCUT2D eigenvalue weighted by molar-refractivity contribution is -0.160. The summed E-state index contributed by atoms with van der Waals surface area (Å²) < 4.78 is 9.88. The number of esters is 2. The molecule has 0 heterocycles. The standard InChI is InChI=1S/C17H14O6/c1-11(18)22-16(12-7-9-13(19)10-8-12)15(20)17(21)23-14-5-3-2-4-6-14/h2-10,16,19H,1H3. The molecule has 0 amide bonds. The second-order valence-electron chi connectivity index (χ2n) is 4.65. The first kappa shape index (κ1) is 16.2. The van der Waals surface area contributed by atoms with Crippen molar-refractivity contribution >= 4 is 17.7 Å². The zero-order chi connectivity index (χ0) is 16.8. The van der Waals surface area contributed by atoms with Crippen LogP contribution in [0.5, 0.6) is 11.5 Å². The maximum absolute atomic E-state index is 12.3. The van der Waals surface area contributed by atoms with Crippen LogP contribution in [-0.4, -0.2) is 22.8 Å². The molecule has 0 fully saturated rings. The highest BCUT2D eigenvalue weighted by molar-refractivity contribution is 6.36. The van der Waals surface area contributed by atoms with Crippen molar-refractivity contribution in [1.82, 2.24) is 0 Å². The number of benzene rings is 2. The van der Waals surface area contributed by atoms with Gasteiger partial charge in [-0.05, 0) is 24.3 Å². The quantitative estimate of drug-likeness (QED) is 0.517. The molecule has 0 saturated heterocycles. The Bertz CT molecular complexity index is 706. The molecule has 0 aliphatic heterocycles. The van der Waals surface area contributed by atoms with Crippen LogP contribution in [0.1, 0.15) is 18.6 Å². The minimum Gasteiger partial charge on any atom is -0.508 e. The number of ketones is 1. The zero-order valence-corrected chi connectivity index (χ0v) is 12.3. The first-order valence-electron chi connectivity index (χ1n) is 6.74. The van der Waals surface area contributed by atoms with E-state index in [9.17, 15) is 19.5 Å². The van der Waals surface area contributed by atoms with E-state index in [2.05, 4.69) is 0 Å². The van der Waals surface area contributed by atoms with Crippen LogP contribution in [0.15, 0.2) is 54.6 Å². The predicted molar refractivity (Wildman–Crippen MR) is 79.7 cm³/mol. The van der Waals surface area contributed by atoms with Gasteiger partial charge in [0.15, 0.2) is 6.10 Å². The third-order valence-corrected chi connectivity index (χ3v) is 2.87. The average molecular weight is 314 g/mol. The number of carbonyl (C=O) groups excluding carboxylic acids is 3. The summed E-state index contributed by atoms with van der Waals surface area (Å²) in [5.74, 6) is -2.69. The molecule has 6 nitrogen and oxygen atoms in total. The topological polar surface area (TPSA) is 89.9 Å². The summed E-state index contributed by atoms with van der Waals surface area (Å²) in [6.45, 7) is 1.13. The predicted octanol–water partition coefficient (Wildman–Crippen LogP) is 2.17. The highest BCUT2D eigenvalue weighted by atomic mass is 16.6. The first-order chi connectivity index (χ1) is 11.0. The van der Waals surface area contributed by atoms with Crippen molar-refractivity contribution in [3.63, 3.8) is 0 Å². The minimum atomic E-state index is -1.43. The third-order valence-electron chi connectivity index (χ3n) is 2.87. The molecular weight excluding hydrogens is 300 g/mol. The Balaban J connectivity index is 2.20. The fourth-order valence-electron chi connectivity index (χ4n) is 1.84. The Labute approximate surface area is 132 Å². The average Bonchev–Trinajstić information content (AvgIpc) is 2.53. The highest BCUT2D eigenvalue weighted by Gasteiger charge is 2.31. The summed E-state index contributed by atoms with van der Waals surface area (Å²) in [5, 5.41) is 9.28. The van der Waals surface area contributed by atoms with E-state index in [1.54, 1.807) is 18.2 Å². The molecule has 0 aliphatic rings. The van der Waals surface area contributed by atoms with E-state index in [1.807, 2.05) is 0 Å². The van der Waals surface area contributed by atoms with Crippen molar-refractivity contribution < 1.29 is 29.0 Å². The Hall–Kier alpha value is -3.15. The van der Waals surface area contributed by atoms with Gasteiger partial charge in [0.25, 0.3) is 5.78 Å². The molecule has 6 heteroatoms. The summed E-state index contributed by atoms with van der Waals surface area (Å²) in [4.78, 5) is 35.4. The van der Waals surface area contributed by atoms with Gasteiger partial charge in [0.2, 0.25) is 0 Å². The summed E-state index contributed by atoms with van der Waals surface area (Å²) in [6, 6.07) is 13.5. The highest BCUT2D eigenvalue weighted by Crippen LogP contribution is 2.22. The van der Waals surface area contributed by atoms with Crippen LogP contribution in [0.2, 0.25) is 0 Å².